The minimum absolute atomic E-state index is 0.102. The number of rotatable bonds is 9. The number of hydrogen-bond acceptors (Lipinski definition) is 6. The third kappa shape index (κ3) is 5.61. The summed E-state index contributed by atoms with van der Waals surface area (Å²) >= 11 is 0. The number of benzene rings is 1. The van der Waals surface area contributed by atoms with Crippen LogP contribution in [0.15, 0.2) is 23.1 Å². The van der Waals surface area contributed by atoms with E-state index in [0.29, 0.717) is 18.1 Å². The zero-order chi connectivity index (χ0) is 22.6. The van der Waals surface area contributed by atoms with Crippen molar-refractivity contribution < 1.29 is 13.2 Å². The minimum atomic E-state index is -3.80. The Labute approximate surface area is 184 Å². The highest BCUT2D eigenvalue weighted by Gasteiger charge is 2.24. The van der Waals surface area contributed by atoms with Crippen molar-refractivity contribution >= 4 is 27.0 Å². The molecule has 3 rings (SSSR count). The van der Waals surface area contributed by atoms with Gasteiger partial charge in [-0.3, -0.25) is 4.79 Å². The van der Waals surface area contributed by atoms with Crippen LogP contribution in [-0.4, -0.2) is 77.8 Å². The van der Waals surface area contributed by atoms with E-state index in [9.17, 15) is 13.2 Å². The molecule has 10 heteroatoms. The van der Waals surface area contributed by atoms with Crippen LogP contribution in [0.2, 0.25) is 0 Å². The smallest absolute Gasteiger partial charge is 0.243 e. The first kappa shape index (κ1) is 23.6. The summed E-state index contributed by atoms with van der Waals surface area (Å²) in [7, 11) is -2.39. The van der Waals surface area contributed by atoms with Crippen molar-refractivity contribution in [3.8, 4) is 0 Å². The Morgan fingerprint density at radius 3 is 2.81 bits per heavy atom. The molecule has 9 nitrogen and oxygen atoms in total. The number of amides is 1. The van der Waals surface area contributed by atoms with Crippen LogP contribution in [-0.2, 0) is 14.8 Å². The lowest BCUT2D eigenvalue weighted by molar-refractivity contribution is -0.121. The van der Waals surface area contributed by atoms with E-state index < -0.39 is 10.0 Å². The zero-order valence-electron chi connectivity index (χ0n) is 18.9. The van der Waals surface area contributed by atoms with Gasteiger partial charge in [0.05, 0.1) is 17.0 Å². The number of nitrogens with one attached hydrogen (secondary N) is 1. The second kappa shape index (κ2) is 10.1. The number of hydrogen-bond donors (Lipinski definition) is 1. The second-order valence-corrected chi connectivity index (χ2v) is 10.7. The summed E-state index contributed by atoms with van der Waals surface area (Å²) in [5.41, 5.74) is 1.29. The van der Waals surface area contributed by atoms with E-state index in [4.69, 9.17) is 0 Å². The van der Waals surface area contributed by atoms with Crippen LogP contribution in [0.25, 0.3) is 11.0 Å². The quantitative estimate of drug-likeness (QED) is 0.587. The fourth-order valence-electron chi connectivity index (χ4n) is 3.99. The van der Waals surface area contributed by atoms with Crippen molar-refractivity contribution in [1.29, 1.82) is 0 Å². The van der Waals surface area contributed by atoms with E-state index >= 15 is 0 Å². The van der Waals surface area contributed by atoms with Gasteiger partial charge in [-0.15, -0.1) is 5.10 Å². The lowest BCUT2D eigenvalue weighted by atomic mass is 10.0. The Kier molecular flexibility index (Phi) is 7.66. The molecule has 2 heterocycles. The average molecular weight is 451 g/mol. The molecule has 0 spiro atoms. The summed E-state index contributed by atoms with van der Waals surface area (Å²) < 4.78 is 28.6. The summed E-state index contributed by atoms with van der Waals surface area (Å²) in [6.45, 7) is 8.60. The van der Waals surface area contributed by atoms with Crippen molar-refractivity contribution in [3.63, 3.8) is 0 Å². The van der Waals surface area contributed by atoms with Crippen molar-refractivity contribution in [2.75, 3.05) is 33.2 Å². The number of carbonyl (C=O) groups is 1. The molecule has 1 aliphatic rings. The normalized spacial score (nSPS) is 18.2. The topological polar surface area (TPSA) is 100 Å². The highest BCUT2D eigenvalue weighted by molar-refractivity contribution is 7.89. The molecule has 0 radical (unpaired) electrons. The predicted molar refractivity (Wildman–Crippen MR) is 120 cm³/mol. The van der Waals surface area contributed by atoms with Crippen molar-refractivity contribution in [3.05, 3.63) is 18.2 Å². The van der Waals surface area contributed by atoms with E-state index in [-0.39, 0.29) is 23.4 Å². The number of aromatic nitrogens is 3. The Morgan fingerprint density at radius 2 is 2.10 bits per heavy atom. The highest BCUT2D eigenvalue weighted by Crippen LogP contribution is 2.21. The largest absolute Gasteiger partial charge is 0.355 e. The molecule has 1 aromatic carbocycles. The van der Waals surface area contributed by atoms with Crippen LogP contribution >= 0.6 is 0 Å². The molecule has 1 unspecified atom stereocenters. The molecule has 1 amide bonds. The van der Waals surface area contributed by atoms with Gasteiger partial charge in [0.15, 0.2) is 0 Å². The maximum absolute atomic E-state index is 12.9. The summed E-state index contributed by atoms with van der Waals surface area (Å²) in [4.78, 5) is 14.8. The summed E-state index contributed by atoms with van der Waals surface area (Å²) in [5, 5.41) is 11.0. The van der Waals surface area contributed by atoms with Gasteiger partial charge in [0.25, 0.3) is 0 Å². The average Bonchev–Trinajstić information content (AvgIpc) is 3.16. The monoisotopic (exact) mass is 450 g/mol. The van der Waals surface area contributed by atoms with Gasteiger partial charge in [-0.1, -0.05) is 11.6 Å². The number of sulfonamides is 1. The van der Waals surface area contributed by atoms with Gasteiger partial charge in [-0.25, -0.2) is 13.1 Å². The SMILES string of the molecule is CC1CCCCN1CCCNC(=O)CN(C)S(=O)(=O)c1ccc2c(c1)nnn2C(C)C. The lowest BCUT2D eigenvalue weighted by Crippen LogP contribution is -2.41. The maximum atomic E-state index is 12.9. The molecule has 1 fully saturated rings. The van der Waals surface area contributed by atoms with Gasteiger partial charge >= 0.3 is 0 Å². The van der Waals surface area contributed by atoms with Crippen molar-refractivity contribution in [1.82, 2.24) is 29.5 Å². The molecule has 0 aliphatic carbocycles. The van der Waals surface area contributed by atoms with E-state index in [1.54, 1.807) is 10.7 Å². The molecular weight excluding hydrogens is 416 g/mol. The molecule has 0 bridgehead atoms. The zero-order valence-corrected chi connectivity index (χ0v) is 19.7. The molecule has 1 aromatic heterocycles. The molecule has 31 heavy (non-hydrogen) atoms. The first-order valence-electron chi connectivity index (χ1n) is 11.0. The van der Waals surface area contributed by atoms with Gasteiger partial charge in [0, 0.05) is 32.2 Å². The van der Waals surface area contributed by atoms with Crippen LogP contribution in [0, 0.1) is 0 Å². The summed E-state index contributed by atoms with van der Waals surface area (Å²) in [5.74, 6) is -0.301. The Hall–Kier alpha value is -2.04. The van der Waals surface area contributed by atoms with Gasteiger partial charge in [-0.2, -0.15) is 4.31 Å². The van der Waals surface area contributed by atoms with Gasteiger partial charge in [0.2, 0.25) is 15.9 Å². The number of carbonyl (C=O) groups excluding carboxylic acids is 1. The Balaban J connectivity index is 1.53. The summed E-state index contributed by atoms with van der Waals surface area (Å²) in [6, 6.07) is 5.47. The van der Waals surface area contributed by atoms with Crippen LogP contribution in [0.1, 0.15) is 52.5 Å². The highest BCUT2D eigenvalue weighted by atomic mass is 32.2. The molecule has 1 atom stereocenters. The van der Waals surface area contributed by atoms with Crippen LogP contribution < -0.4 is 5.32 Å². The third-order valence-corrected chi connectivity index (χ3v) is 7.69. The standard InChI is InChI=1S/C21H34N6O3S/c1-16(2)27-20-10-9-18(14-19(20)23-24-27)31(29,30)25(4)15-21(28)22-11-7-13-26-12-6-5-8-17(26)3/h9-10,14,16-17H,5-8,11-13,15H2,1-4H3,(H,22,28). The lowest BCUT2D eigenvalue weighted by Gasteiger charge is -2.33. The predicted octanol–water partition coefficient (Wildman–Crippen LogP) is 2.01. The molecule has 1 saturated heterocycles. The third-order valence-electron chi connectivity index (χ3n) is 5.89. The fourth-order valence-corrected chi connectivity index (χ4v) is 5.13. The van der Waals surface area contributed by atoms with Gasteiger partial charge in [0.1, 0.15) is 5.52 Å². The fraction of sp³-hybridized carbons (Fsp3) is 0.667. The Morgan fingerprint density at radius 1 is 1.32 bits per heavy atom. The molecular formula is C21H34N6O3S. The van der Waals surface area contributed by atoms with Crippen molar-refractivity contribution in [2.24, 2.45) is 0 Å². The number of piperidine rings is 1. The molecule has 172 valence electrons. The van der Waals surface area contributed by atoms with Gasteiger partial charge < -0.3 is 10.2 Å². The second-order valence-electron chi connectivity index (χ2n) is 8.62. The molecule has 0 saturated carbocycles. The van der Waals surface area contributed by atoms with Crippen molar-refractivity contribution in [2.45, 2.75) is 63.4 Å². The number of likely N-dealkylation sites (N-methyl/N-ethyl adjacent to an activating group) is 1. The van der Waals surface area contributed by atoms with Gasteiger partial charge in [-0.05, 0) is 64.8 Å². The van der Waals surface area contributed by atoms with Crippen LogP contribution in [0.3, 0.4) is 0 Å². The first-order valence-corrected chi connectivity index (χ1v) is 12.5. The van der Waals surface area contributed by atoms with E-state index in [1.807, 2.05) is 13.8 Å². The van der Waals surface area contributed by atoms with E-state index in [0.717, 1.165) is 29.3 Å². The van der Waals surface area contributed by atoms with E-state index in [2.05, 4.69) is 27.5 Å². The van der Waals surface area contributed by atoms with E-state index in [1.165, 1.54) is 38.4 Å². The number of nitrogens with zero attached hydrogens (tertiary/aromatic N) is 5. The Bertz CT molecular complexity index is 1000. The van der Waals surface area contributed by atoms with Crippen LogP contribution in [0.5, 0.6) is 0 Å². The van der Waals surface area contributed by atoms with Crippen LogP contribution in [0.4, 0.5) is 0 Å². The first-order chi connectivity index (χ1) is 14.7. The number of likely N-dealkylation sites (tertiary alicyclic amines) is 1. The minimum Gasteiger partial charge on any atom is -0.355 e. The molecule has 2 aromatic rings. The summed E-state index contributed by atoms with van der Waals surface area (Å²) in [6.07, 6.45) is 4.61. The maximum Gasteiger partial charge on any atom is 0.243 e. The molecule has 1 aliphatic heterocycles. The molecule has 1 N–H and O–H groups in total. The number of fused-ring (bicyclic) bond motifs is 1.